The van der Waals surface area contributed by atoms with Gasteiger partial charge in [0, 0.05) is 39.4 Å². The fourth-order valence-electron chi connectivity index (χ4n) is 4.14. The molecule has 1 aliphatic heterocycles. The van der Waals surface area contributed by atoms with Crippen molar-refractivity contribution < 1.29 is 13.9 Å². The molecule has 4 rings (SSSR count). The number of benzene rings is 1. The van der Waals surface area contributed by atoms with Crippen LogP contribution in [-0.2, 0) is 11.8 Å². The van der Waals surface area contributed by atoms with Crippen molar-refractivity contribution in [1.29, 1.82) is 5.26 Å². The highest BCUT2D eigenvalue weighted by atomic mass is 19.1. The minimum atomic E-state index is -0.520. The lowest BCUT2D eigenvalue weighted by atomic mass is 10.1. The van der Waals surface area contributed by atoms with Gasteiger partial charge in [0.25, 0.3) is 0 Å². The van der Waals surface area contributed by atoms with Gasteiger partial charge in [-0.2, -0.15) is 10.4 Å². The summed E-state index contributed by atoms with van der Waals surface area (Å²) in [6.07, 6.45) is 1.55. The van der Waals surface area contributed by atoms with Gasteiger partial charge in [-0.15, -0.1) is 0 Å². The number of piperazine rings is 1. The van der Waals surface area contributed by atoms with Crippen LogP contribution in [0.2, 0.25) is 0 Å². The molecular weight excluding hydrogens is 399 g/mol. The van der Waals surface area contributed by atoms with Crippen LogP contribution in [-0.4, -0.2) is 53.5 Å². The van der Waals surface area contributed by atoms with E-state index in [9.17, 15) is 14.4 Å². The Morgan fingerprint density at radius 1 is 1.26 bits per heavy atom. The summed E-state index contributed by atoms with van der Waals surface area (Å²) in [5.74, 6) is -0.941. The van der Waals surface area contributed by atoms with Crippen molar-refractivity contribution >= 4 is 28.4 Å². The Hall–Kier alpha value is -3.67. The molecule has 9 heteroatoms. The second-order valence-electron chi connectivity index (χ2n) is 7.37. The summed E-state index contributed by atoms with van der Waals surface area (Å²) in [5, 5.41) is 14.7. The van der Waals surface area contributed by atoms with E-state index in [0.717, 1.165) is 16.8 Å². The monoisotopic (exact) mass is 422 g/mol. The summed E-state index contributed by atoms with van der Waals surface area (Å²) in [4.78, 5) is 21.2. The molecule has 0 spiro atoms. The van der Waals surface area contributed by atoms with Gasteiger partial charge in [-0.3, -0.25) is 4.68 Å². The number of nitrogens with zero attached hydrogens (tertiary/aromatic N) is 6. The molecule has 0 aliphatic carbocycles. The van der Waals surface area contributed by atoms with Crippen molar-refractivity contribution in [2.75, 3.05) is 42.6 Å². The molecule has 8 nitrogen and oxygen atoms in total. The van der Waals surface area contributed by atoms with Crippen LogP contribution in [0.1, 0.15) is 28.5 Å². The van der Waals surface area contributed by atoms with Gasteiger partial charge >= 0.3 is 5.97 Å². The standard InChI is InChI=1S/C22H23FN6O2/c1-4-31-22(30)16-13-25-21-19(14(2)26-27(21)3)20(16)29-10-8-28(9-11-29)18-7-5-6-17(23)15(18)12-24/h5-7,13H,4,8-11H2,1-3H3. The Labute approximate surface area is 179 Å². The molecule has 0 saturated carbocycles. The van der Waals surface area contributed by atoms with E-state index in [1.165, 1.54) is 6.07 Å². The first-order valence-corrected chi connectivity index (χ1v) is 10.1. The number of hydrogen-bond acceptors (Lipinski definition) is 7. The van der Waals surface area contributed by atoms with Crippen LogP contribution in [0, 0.1) is 24.1 Å². The molecule has 0 radical (unpaired) electrons. The second kappa shape index (κ2) is 8.22. The number of pyridine rings is 1. The fourth-order valence-corrected chi connectivity index (χ4v) is 4.14. The first kappa shape index (κ1) is 20.6. The quantitative estimate of drug-likeness (QED) is 0.598. The number of aromatic nitrogens is 3. The number of halogens is 1. The minimum absolute atomic E-state index is 0.0533. The zero-order valence-corrected chi connectivity index (χ0v) is 17.7. The van der Waals surface area contributed by atoms with Crippen LogP contribution in [0.25, 0.3) is 11.0 Å². The molecule has 2 aromatic heterocycles. The largest absolute Gasteiger partial charge is 0.462 e. The second-order valence-corrected chi connectivity index (χ2v) is 7.37. The van der Waals surface area contributed by atoms with E-state index in [2.05, 4.69) is 15.0 Å². The number of carbonyl (C=O) groups excluding carboxylic acids is 1. The molecule has 3 heterocycles. The summed E-state index contributed by atoms with van der Waals surface area (Å²) < 4.78 is 21.0. The average molecular weight is 422 g/mol. The lowest BCUT2D eigenvalue weighted by Gasteiger charge is -2.38. The Morgan fingerprint density at radius 3 is 2.65 bits per heavy atom. The van der Waals surface area contributed by atoms with Crippen molar-refractivity contribution in [3.8, 4) is 6.07 Å². The van der Waals surface area contributed by atoms with Gasteiger partial charge in [-0.05, 0) is 26.0 Å². The highest BCUT2D eigenvalue weighted by molar-refractivity contribution is 6.05. The number of ether oxygens (including phenoxy) is 1. The summed E-state index contributed by atoms with van der Waals surface area (Å²) in [6, 6.07) is 6.63. The molecule has 3 aromatic rings. The first-order chi connectivity index (χ1) is 15.0. The van der Waals surface area contributed by atoms with Crippen LogP contribution >= 0.6 is 0 Å². The summed E-state index contributed by atoms with van der Waals surface area (Å²) >= 11 is 0. The SMILES string of the molecule is CCOC(=O)c1cnc2c(c(C)nn2C)c1N1CCN(c2cccc(F)c2C#N)CC1. The zero-order chi connectivity index (χ0) is 22.1. The molecule has 0 unspecified atom stereocenters. The average Bonchev–Trinajstić information content (AvgIpc) is 3.07. The molecule has 0 bridgehead atoms. The van der Waals surface area contributed by atoms with Crippen molar-refractivity contribution in [3.05, 3.63) is 47.0 Å². The number of hydrogen-bond donors (Lipinski definition) is 0. The minimum Gasteiger partial charge on any atom is -0.462 e. The predicted molar refractivity (Wildman–Crippen MR) is 115 cm³/mol. The van der Waals surface area contributed by atoms with Gasteiger partial charge in [0.05, 0.1) is 29.1 Å². The lowest BCUT2D eigenvalue weighted by molar-refractivity contribution is 0.0526. The maximum absolute atomic E-state index is 14.1. The smallest absolute Gasteiger partial charge is 0.341 e. The van der Waals surface area contributed by atoms with Gasteiger partial charge in [0.1, 0.15) is 23.0 Å². The van der Waals surface area contributed by atoms with Gasteiger partial charge in [-0.25, -0.2) is 14.2 Å². The number of anilines is 2. The highest BCUT2D eigenvalue weighted by Crippen LogP contribution is 2.34. The third-order valence-electron chi connectivity index (χ3n) is 5.54. The number of carbonyl (C=O) groups is 1. The zero-order valence-electron chi connectivity index (χ0n) is 17.7. The van der Waals surface area contributed by atoms with Crippen LogP contribution in [0.3, 0.4) is 0 Å². The van der Waals surface area contributed by atoms with Gasteiger partial charge in [0.2, 0.25) is 0 Å². The molecular formula is C22H23FN6O2. The number of esters is 1. The Morgan fingerprint density at radius 2 is 1.97 bits per heavy atom. The van der Waals surface area contributed by atoms with Crippen molar-refractivity contribution in [2.45, 2.75) is 13.8 Å². The third kappa shape index (κ3) is 3.54. The van der Waals surface area contributed by atoms with Crippen LogP contribution < -0.4 is 9.80 Å². The molecule has 160 valence electrons. The Balaban J connectivity index is 1.71. The number of fused-ring (bicyclic) bond motifs is 1. The molecule has 1 saturated heterocycles. The molecule has 1 aromatic carbocycles. The first-order valence-electron chi connectivity index (χ1n) is 10.1. The highest BCUT2D eigenvalue weighted by Gasteiger charge is 2.28. The summed E-state index contributed by atoms with van der Waals surface area (Å²) in [5.41, 5.74) is 3.28. The molecule has 1 fully saturated rings. The van der Waals surface area contributed by atoms with Gasteiger partial charge < -0.3 is 14.5 Å². The van der Waals surface area contributed by atoms with Gasteiger partial charge in [0.15, 0.2) is 5.65 Å². The Bertz CT molecular complexity index is 1190. The van der Waals surface area contributed by atoms with E-state index in [1.807, 2.05) is 24.9 Å². The maximum atomic E-state index is 14.1. The Kier molecular flexibility index (Phi) is 5.46. The maximum Gasteiger partial charge on any atom is 0.341 e. The topological polar surface area (TPSA) is 87.3 Å². The molecule has 0 amide bonds. The lowest BCUT2D eigenvalue weighted by Crippen LogP contribution is -2.47. The van der Waals surface area contributed by atoms with E-state index in [1.54, 1.807) is 29.9 Å². The molecule has 0 atom stereocenters. The van der Waals surface area contributed by atoms with Crippen molar-refractivity contribution in [2.24, 2.45) is 7.05 Å². The van der Waals surface area contributed by atoms with Crippen LogP contribution in [0.4, 0.5) is 15.8 Å². The number of aryl methyl sites for hydroxylation is 2. The normalized spacial score (nSPS) is 14.0. The third-order valence-corrected chi connectivity index (χ3v) is 5.54. The molecule has 0 N–H and O–H groups in total. The van der Waals surface area contributed by atoms with Crippen molar-refractivity contribution in [1.82, 2.24) is 14.8 Å². The van der Waals surface area contributed by atoms with E-state index in [0.29, 0.717) is 43.1 Å². The van der Waals surface area contributed by atoms with E-state index >= 15 is 0 Å². The number of nitriles is 1. The van der Waals surface area contributed by atoms with Crippen molar-refractivity contribution in [3.63, 3.8) is 0 Å². The predicted octanol–water partition coefficient (Wildman–Crippen LogP) is 2.79. The van der Waals surface area contributed by atoms with Gasteiger partial charge in [-0.1, -0.05) is 6.07 Å². The molecule has 1 aliphatic rings. The van der Waals surface area contributed by atoms with E-state index in [-0.39, 0.29) is 12.2 Å². The van der Waals surface area contributed by atoms with E-state index < -0.39 is 11.8 Å². The molecule has 31 heavy (non-hydrogen) atoms. The van der Waals surface area contributed by atoms with Crippen LogP contribution in [0.15, 0.2) is 24.4 Å². The summed E-state index contributed by atoms with van der Waals surface area (Å²) in [7, 11) is 1.82. The number of rotatable bonds is 4. The van der Waals surface area contributed by atoms with Crippen LogP contribution in [0.5, 0.6) is 0 Å². The van der Waals surface area contributed by atoms with E-state index in [4.69, 9.17) is 4.74 Å². The fraction of sp³-hybridized carbons (Fsp3) is 0.364. The summed E-state index contributed by atoms with van der Waals surface area (Å²) in [6.45, 7) is 6.25.